The fourth-order valence-corrected chi connectivity index (χ4v) is 2.41. The van der Waals surface area contributed by atoms with Gasteiger partial charge in [-0.05, 0) is 30.9 Å². The Morgan fingerprint density at radius 1 is 1.40 bits per heavy atom. The number of methoxy groups -OCH3 is 1. The minimum atomic E-state index is 0.0206. The summed E-state index contributed by atoms with van der Waals surface area (Å²) in [4.78, 5) is 13.9. The molecule has 20 heavy (non-hydrogen) atoms. The number of benzene rings is 1. The molecule has 0 aromatic heterocycles. The predicted molar refractivity (Wildman–Crippen MR) is 78.4 cm³/mol. The van der Waals surface area contributed by atoms with Crippen molar-refractivity contribution in [2.24, 2.45) is 5.92 Å². The molecule has 1 fully saturated rings. The lowest BCUT2D eigenvalue weighted by molar-refractivity contribution is -0.127. The van der Waals surface area contributed by atoms with Gasteiger partial charge in [0.1, 0.15) is 5.75 Å². The van der Waals surface area contributed by atoms with Crippen molar-refractivity contribution in [3.63, 3.8) is 0 Å². The molecule has 4 heteroatoms. The van der Waals surface area contributed by atoms with Gasteiger partial charge in [-0.3, -0.25) is 4.79 Å². The van der Waals surface area contributed by atoms with E-state index >= 15 is 0 Å². The number of hydrogen-bond acceptors (Lipinski definition) is 3. The van der Waals surface area contributed by atoms with E-state index in [0.717, 1.165) is 37.2 Å². The molecule has 1 heterocycles. The predicted octanol–water partition coefficient (Wildman–Crippen LogP) is 1.94. The zero-order valence-corrected chi connectivity index (χ0v) is 11.8. The van der Waals surface area contributed by atoms with Crippen molar-refractivity contribution < 1.29 is 14.6 Å². The first-order chi connectivity index (χ1) is 9.74. The number of amides is 1. The average molecular weight is 275 g/mol. The molecule has 4 nitrogen and oxygen atoms in total. The van der Waals surface area contributed by atoms with E-state index in [0.29, 0.717) is 5.92 Å². The van der Waals surface area contributed by atoms with Gasteiger partial charge in [-0.1, -0.05) is 18.2 Å². The molecule has 1 aromatic carbocycles. The molecule has 108 valence electrons. The summed E-state index contributed by atoms with van der Waals surface area (Å²) < 4.78 is 5.25. The number of piperidine rings is 1. The van der Waals surface area contributed by atoms with E-state index in [-0.39, 0.29) is 12.5 Å². The monoisotopic (exact) mass is 275 g/mol. The average Bonchev–Trinajstić information content (AvgIpc) is 2.53. The van der Waals surface area contributed by atoms with E-state index in [9.17, 15) is 4.79 Å². The standard InChI is InChI=1S/C16H21NO3/c1-20-15-5-3-2-4-14(15)6-7-16(19)17-10-8-13(12-18)9-11-17/h2-7,13,18H,8-12H2,1H3/b7-6+. The van der Waals surface area contributed by atoms with Gasteiger partial charge in [0.15, 0.2) is 0 Å². The lowest BCUT2D eigenvalue weighted by atomic mass is 9.98. The van der Waals surface area contributed by atoms with Crippen molar-refractivity contribution in [3.05, 3.63) is 35.9 Å². The molecular weight excluding hydrogens is 254 g/mol. The molecule has 1 saturated heterocycles. The fraction of sp³-hybridized carbons (Fsp3) is 0.438. The minimum Gasteiger partial charge on any atom is -0.496 e. The number of ether oxygens (including phenoxy) is 1. The summed E-state index contributed by atoms with van der Waals surface area (Å²) in [5.74, 6) is 1.13. The van der Waals surface area contributed by atoms with Crippen molar-refractivity contribution in [1.29, 1.82) is 0 Å². The Labute approximate surface area is 119 Å². The lowest BCUT2D eigenvalue weighted by Gasteiger charge is -2.30. The third-order valence-electron chi connectivity index (χ3n) is 3.73. The van der Waals surface area contributed by atoms with E-state index < -0.39 is 0 Å². The number of para-hydroxylation sites is 1. The summed E-state index contributed by atoms with van der Waals surface area (Å²) in [6.07, 6.45) is 5.14. The van der Waals surface area contributed by atoms with Crippen LogP contribution in [0, 0.1) is 5.92 Å². The van der Waals surface area contributed by atoms with Crippen LogP contribution < -0.4 is 4.74 Å². The molecule has 1 aromatic rings. The first-order valence-electron chi connectivity index (χ1n) is 6.95. The van der Waals surface area contributed by atoms with Gasteiger partial charge in [0.25, 0.3) is 0 Å². The highest BCUT2D eigenvalue weighted by molar-refractivity contribution is 5.92. The smallest absolute Gasteiger partial charge is 0.246 e. The van der Waals surface area contributed by atoms with Gasteiger partial charge in [0.2, 0.25) is 5.91 Å². The summed E-state index contributed by atoms with van der Waals surface area (Å²) in [6, 6.07) is 7.61. The normalized spacial score (nSPS) is 16.6. The Kier molecular flexibility index (Phi) is 5.18. The first-order valence-corrected chi connectivity index (χ1v) is 6.95. The molecule has 0 unspecified atom stereocenters. The molecule has 0 aliphatic carbocycles. The second-order valence-corrected chi connectivity index (χ2v) is 5.03. The van der Waals surface area contributed by atoms with Crippen LogP contribution in [0.25, 0.3) is 6.08 Å². The number of likely N-dealkylation sites (tertiary alicyclic amines) is 1. The fourth-order valence-electron chi connectivity index (χ4n) is 2.41. The molecule has 1 aliphatic rings. The van der Waals surface area contributed by atoms with E-state index in [2.05, 4.69) is 0 Å². The third-order valence-corrected chi connectivity index (χ3v) is 3.73. The molecule has 2 rings (SSSR count). The Hall–Kier alpha value is -1.81. The highest BCUT2D eigenvalue weighted by atomic mass is 16.5. The number of rotatable bonds is 4. The van der Waals surface area contributed by atoms with Gasteiger partial charge in [-0.2, -0.15) is 0 Å². The van der Waals surface area contributed by atoms with Crippen molar-refractivity contribution in [1.82, 2.24) is 4.90 Å². The van der Waals surface area contributed by atoms with Crippen LogP contribution in [-0.4, -0.2) is 42.7 Å². The van der Waals surface area contributed by atoms with E-state index in [1.54, 1.807) is 19.3 Å². The molecule has 1 aliphatic heterocycles. The Bertz CT molecular complexity index is 476. The van der Waals surface area contributed by atoms with E-state index in [1.807, 2.05) is 29.2 Å². The van der Waals surface area contributed by atoms with Gasteiger partial charge < -0.3 is 14.7 Å². The number of carbonyl (C=O) groups excluding carboxylic acids is 1. The molecule has 0 atom stereocenters. The maximum atomic E-state index is 12.1. The summed E-state index contributed by atoms with van der Waals surface area (Å²) in [6.45, 7) is 1.67. The summed E-state index contributed by atoms with van der Waals surface area (Å²) in [7, 11) is 1.62. The highest BCUT2D eigenvalue weighted by Crippen LogP contribution is 2.20. The van der Waals surface area contributed by atoms with Crippen LogP contribution in [0.2, 0.25) is 0 Å². The van der Waals surface area contributed by atoms with Crippen molar-refractivity contribution in [2.75, 3.05) is 26.8 Å². The number of carbonyl (C=O) groups is 1. The topological polar surface area (TPSA) is 49.8 Å². The quantitative estimate of drug-likeness (QED) is 0.854. The second-order valence-electron chi connectivity index (χ2n) is 5.03. The molecule has 1 amide bonds. The SMILES string of the molecule is COc1ccccc1/C=C/C(=O)N1CCC(CO)CC1. The third kappa shape index (κ3) is 3.61. The molecule has 0 spiro atoms. The van der Waals surface area contributed by atoms with E-state index in [1.165, 1.54) is 0 Å². The lowest BCUT2D eigenvalue weighted by Crippen LogP contribution is -2.38. The van der Waals surface area contributed by atoms with Gasteiger partial charge in [-0.15, -0.1) is 0 Å². The van der Waals surface area contributed by atoms with E-state index in [4.69, 9.17) is 9.84 Å². The van der Waals surface area contributed by atoms with Crippen LogP contribution in [0.1, 0.15) is 18.4 Å². The van der Waals surface area contributed by atoms with Gasteiger partial charge in [0.05, 0.1) is 7.11 Å². The zero-order chi connectivity index (χ0) is 14.4. The molecule has 1 N–H and O–H groups in total. The molecule has 0 radical (unpaired) electrons. The zero-order valence-electron chi connectivity index (χ0n) is 11.8. The summed E-state index contributed by atoms with van der Waals surface area (Å²) in [5, 5.41) is 9.09. The van der Waals surface area contributed by atoms with Crippen molar-refractivity contribution in [3.8, 4) is 5.75 Å². The van der Waals surface area contributed by atoms with Crippen LogP contribution in [0.15, 0.2) is 30.3 Å². The summed E-state index contributed by atoms with van der Waals surface area (Å²) in [5.41, 5.74) is 0.897. The van der Waals surface area contributed by atoms with Crippen molar-refractivity contribution in [2.45, 2.75) is 12.8 Å². The van der Waals surface area contributed by atoms with Crippen LogP contribution in [0.5, 0.6) is 5.75 Å². The second kappa shape index (κ2) is 7.10. The van der Waals surface area contributed by atoms with Crippen molar-refractivity contribution >= 4 is 12.0 Å². The number of aliphatic hydroxyl groups excluding tert-OH is 1. The Morgan fingerprint density at radius 3 is 2.75 bits per heavy atom. The summed E-state index contributed by atoms with van der Waals surface area (Å²) >= 11 is 0. The Balaban J connectivity index is 1.96. The Morgan fingerprint density at radius 2 is 2.10 bits per heavy atom. The van der Waals surface area contributed by atoms with Gasteiger partial charge in [0, 0.05) is 31.3 Å². The van der Waals surface area contributed by atoms with Crippen LogP contribution in [0.4, 0.5) is 0 Å². The maximum absolute atomic E-state index is 12.1. The molecule has 0 bridgehead atoms. The number of nitrogens with zero attached hydrogens (tertiary/aromatic N) is 1. The van der Waals surface area contributed by atoms with Crippen LogP contribution in [0.3, 0.4) is 0 Å². The maximum Gasteiger partial charge on any atom is 0.246 e. The highest BCUT2D eigenvalue weighted by Gasteiger charge is 2.20. The minimum absolute atomic E-state index is 0.0206. The number of hydrogen-bond donors (Lipinski definition) is 1. The van der Waals surface area contributed by atoms with Gasteiger partial charge in [-0.25, -0.2) is 0 Å². The number of aliphatic hydroxyl groups is 1. The van der Waals surface area contributed by atoms with Crippen LogP contribution in [-0.2, 0) is 4.79 Å². The largest absolute Gasteiger partial charge is 0.496 e. The molecular formula is C16H21NO3. The molecule has 0 saturated carbocycles. The van der Waals surface area contributed by atoms with Gasteiger partial charge >= 0.3 is 0 Å². The first kappa shape index (κ1) is 14.6. The van der Waals surface area contributed by atoms with Crippen LogP contribution >= 0.6 is 0 Å².